The number of hydrogen-bond donors (Lipinski definition) is 1. The molecule has 1 unspecified atom stereocenters. The minimum atomic E-state index is -0.571. The number of ether oxygens (including phenoxy) is 1. The maximum absolute atomic E-state index is 13.4. The van der Waals surface area contributed by atoms with Crippen molar-refractivity contribution in [1.82, 2.24) is 0 Å². The number of Topliss-reactive ketones (excluding diaryl/α,β-unsaturated/α-hetero) is 1. The molecule has 10 atom stereocenters. The van der Waals surface area contributed by atoms with Crippen LogP contribution in [0.3, 0.4) is 0 Å². The summed E-state index contributed by atoms with van der Waals surface area (Å²) < 4.78 is 5.46. The lowest BCUT2D eigenvalue weighted by Gasteiger charge is -2.73. The highest BCUT2D eigenvalue weighted by Gasteiger charge is 2.73. The molecule has 0 heterocycles. The molecule has 5 saturated carbocycles. The lowest BCUT2D eigenvalue weighted by Crippen LogP contribution is -2.70. The summed E-state index contributed by atoms with van der Waals surface area (Å²) in [7, 11) is 1.52. The number of nitriles is 1. The maximum Gasteiger partial charge on any atom is 0.312 e. The quantitative estimate of drug-likeness (QED) is 0.416. The number of esters is 1. The van der Waals surface area contributed by atoms with E-state index in [1.165, 1.54) is 7.11 Å². The number of methoxy groups -OCH3 is 1. The van der Waals surface area contributed by atoms with Gasteiger partial charge in [0.15, 0.2) is 5.78 Å². The zero-order valence-electron chi connectivity index (χ0n) is 24.4. The van der Waals surface area contributed by atoms with Gasteiger partial charge in [0.2, 0.25) is 0 Å². The average molecular weight is 512 g/mol. The number of rotatable bonds is 1. The van der Waals surface area contributed by atoms with Gasteiger partial charge < -0.3 is 9.84 Å². The Kier molecular flexibility index (Phi) is 5.92. The van der Waals surface area contributed by atoms with Crippen LogP contribution < -0.4 is 0 Å². The van der Waals surface area contributed by atoms with Crippen molar-refractivity contribution < 1.29 is 19.4 Å². The first-order valence-corrected chi connectivity index (χ1v) is 14.7. The lowest BCUT2D eigenvalue weighted by atomic mass is 9.30. The summed E-state index contributed by atoms with van der Waals surface area (Å²) >= 11 is 0. The Morgan fingerprint density at radius 3 is 2.22 bits per heavy atom. The standard InChI is InChI=1S/C32H49NO4/c1-27(2)11-13-32(26(36)37-8)14-12-31(7)24(20(32)17-27)21(34)15-23-29(5)16-19(18-33)25(35)28(3,4)22(29)9-10-30(23,31)6/h19-24,34H,9-17H2,1-8H3/t19?,20-,21+,22-,23+,24-,29-,30+,31+,32-/m0/s1. The predicted octanol–water partition coefficient (Wildman–Crippen LogP) is 6.33. The molecule has 1 N–H and O–H groups in total. The third-order valence-electron chi connectivity index (χ3n) is 13.7. The summed E-state index contributed by atoms with van der Waals surface area (Å²) in [6.07, 6.45) is 7.36. The fourth-order valence-electron chi connectivity index (χ4n) is 11.7. The SMILES string of the molecule is COC(=O)[C@]12CCC(C)(C)C[C@H]1[C@H]1[C@H](O)C[C@@H]3[C@@]4(C)CC(C#N)C(=O)C(C)(C)[C@@H]4CC[C@@]3(C)[C@]1(C)CC2. The first kappa shape index (κ1) is 27.2. The summed E-state index contributed by atoms with van der Waals surface area (Å²) in [5, 5.41) is 22.1. The van der Waals surface area contributed by atoms with Crippen molar-refractivity contribution in [2.75, 3.05) is 7.11 Å². The van der Waals surface area contributed by atoms with E-state index in [9.17, 15) is 20.0 Å². The Hall–Kier alpha value is -1.41. The van der Waals surface area contributed by atoms with Crippen LogP contribution >= 0.6 is 0 Å². The number of aliphatic hydroxyl groups excluding tert-OH is 1. The Bertz CT molecular complexity index is 1040. The summed E-state index contributed by atoms with van der Waals surface area (Å²) in [5.74, 6) is 0.0671. The van der Waals surface area contributed by atoms with Gasteiger partial charge in [0.05, 0.1) is 24.7 Å². The zero-order chi connectivity index (χ0) is 27.4. The van der Waals surface area contributed by atoms with Gasteiger partial charge in [-0.2, -0.15) is 5.26 Å². The maximum atomic E-state index is 13.4. The largest absolute Gasteiger partial charge is 0.469 e. The predicted molar refractivity (Wildman–Crippen MR) is 142 cm³/mol. The Labute approximate surface area is 224 Å². The molecule has 0 aromatic rings. The fourth-order valence-corrected chi connectivity index (χ4v) is 11.7. The van der Waals surface area contributed by atoms with Gasteiger partial charge in [-0.3, -0.25) is 9.59 Å². The van der Waals surface area contributed by atoms with Gasteiger partial charge in [-0.1, -0.05) is 48.5 Å². The van der Waals surface area contributed by atoms with Gasteiger partial charge >= 0.3 is 5.97 Å². The molecule has 37 heavy (non-hydrogen) atoms. The van der Waals surface area contributed by atoms with E-state index in [0.717, 1.165) is 44.9 Å². The number of ketones is 1. The van der Waals surface area contributed by atoms with Crippen molar-refractivity contribution in [2.45, 2.75) is 112 Å². The van der Waals surface area contributed by atoms with Crippen LogP contribution in [0.5, 0.6) is 0 Å². The average Bonchev–Trinajstić information content (AvgIpc) is 2.82. The topological polar surface area (TPSA) is 87.4 Å². The molecule has 5 aliphatic rings. The summed E-state index contributed by atoms with van der Waals surface area (Å²) in [5.41, 5.74) is -1.21. The van der Waals surface area contributed by atoms with Gasteiger partial charge in [0, 0.05) is 5.41 Å². The summed E-state index contributed by atoms with van der Waals surface area (Å²) in [4.78, 5) is 26.7. The zero-order valence-corrected chi connectivity index (χ0v) is 24.4. The van der Waals surface area contributed by atoms with Gasteiger partial charge in [0.1, 0.15) is 5.92 Å². The van der Waals surface area contributed by atoms with Crippen LogP contribution in [0, 0.1) is 73.4 Å². The van der Waals surface area contributed by atoms with Gasteiger partial charge in [-0.25, -0.2) is 0 Å². The molecule has 5 aliphatic carbocycles. The first-order valence-electron chi connectivity index (χ1n) is 14.7. The molecular formula is C32H49NO4. The summed E-state index contributed by atoms with van der Waals surface area (Å²) in [6, 6.07) is 2.36. The minimum absolute atomic E-state index is 0.0253. The van der Waals surface area contributed by atoms with E-state index in [1.807, 2.05) is 0 Å². The first-order chi connectivity index (χ1) is 17.0. The third-order valence-corrected chi connectivity index (χ3v) is 13.7. The van der Waals surface area contributed by atoms with Crippen molar-refractivity contribution in [2.24, 2.45) is 62.1 Å². The van der Waals surface area contributed by atoms with Crippen LogP contribution in [-0.2, 0) is 14.3 Å². The molecule has 5 fully saturated rings. The van der Waals surface area contributed by atoms with Crippen LogP contribution in [0.4, 0.5) is 0 Å². The molecule has 0 aliphatic heterocycles. The third kappa shape index (κ3) is 3.30. The molecule has 0 aromatic carbocycles. The molecule has 0 aromatic heterocycles. The monoisotopic (exact) mass is 511 g/mol. The number of hydrogen-bond acceptors (Lipinski definition) is 5. The highest BCUT2D eigenvalue weighted by atomic mass is 16.5. The van der Waals surface area contributed by atoms with Crippen LogP contribution in [-0.4, -0.2) is 30.1 Å². The Balaban J connectivity index is 1.61. The van der Waals surface area contributed by atoms with E-state index in [-0.39, 0.29) is 57.1 Å². The molecule has 5 heteroatoms. The molecule has 5 rings (SSSR count). The fraction of sp³-hybridized carbons (Fsp3) is 0.906. The van der Waals surface area contributed by atoms with Crippen molar-refractivity contribution in [3.63, 3.8) is 0 Å². The number of nitrogens with zero attached hydrogens (tertiary/aromatic N) is 1. The van der Waals surface area contributed by atoms with Crippen molar-refractivity contribution in [1.29, 1.82) is 5.26 Å². The Morgan fingerprint density at radius 2 is 1.59 bits per heavy atom. The second-order valence-corrected chi connectivity index (χ2v) is 15.9. The van der Waals surface area contributed by atoms with E-state index < -0.39 is 22.9 Å². The highest BCUT2D eigenvalue weighted by molar-refractivity contribution is 5.89. The highest BCUT2D eigenvalue weighted by Crippen LogP contribution is 2.77. The van der Waals surface area contributed by atoms with Crippen LogP contribution in [0.2, 0.25) is 0 Å². The number of carbonyl (C=O) groups excluding carboxylic acids is 2. The van der Waals surface area contributed by atoms with Gasteiger partial charge in [0.25, 0.3) is 0 Å². The van der Waals surface area contributed by atoms with E-state index in [1.54, 1.807) is 0 Å². The molecule has 206 valence electrons. The van der Waals surface area contributed by atoms with E-state index in [2.05, 4.69) is 54.5 Å². The number of fused-ring (bicyclic) bond motifs is 7. The molecule has 0 radical (unpaired) electrons. The van der Waals surface area contributed by atoms with E-state index in [0.29, 0.717) is 12.8 Å². The molecule has 0 saturated heterocycles. The lowest BCUT2D eigenvalue weighted by molar-refractivity contribution is -0.271. The normalized spacial score (nSPS) is 51.9. The van der Waals surface area contributed by atoms with Crippen molar-refractivity contribution >= 4 is 11.8 Å². The number of carbonyl (C=O) groups is 2. The van der Waals surface area contributed by atoms with Gasteiger partial charge in [-0.05, 0) is 103 Å². The molecule has 0 amide bonds. The molecule has 5 nitrogen and oxygen atoms in total. The van der Waals surface area contributed by atoms with Gasteiger partial charge in [-0.15, -0.1) is 0 Å². The second kappa shape index (κ2) is 8.06. The number of aliphatic hydroxyl groups is 1. The second-order valence-electron chi connectivity index (χ2n) is 15.9. The van der Waals surface area contributed by atoms with Crippen molar-refractivity contribution in [3.05, 3.63) is 0 Å². The van der Waals surface area contributed by atoms with Crippen LogP contribution in [0.15, 0.2) is 0 Å². The molecular weight excluding hydrogens is 462 g/mol. The smallest absolute Gasteiger partial charge is 0.312 e. The Morgan fingerprint density at radius 1 is 0.946 bits per heavy atom. The molecule has 0 spiro atoms. The summed E-state index contributed by atoms with van der Waals surface area (Å²) in [6.45, 7) is 16.0. The van der Waals surface area contributed by atoms with Crippen LogP contribution in [0.25, 0.3) is 0 Å². The minimum Gasteiger partial charge on any atom is -0.469 e. The van der Waals surface area contributed by atoms with Crippen LogP contribution in [0.1, 0.15) is 106 Å². The van der Waals surface area contributed by atoms with Crippen molar-refractivity contribution in [3.8, 4) is 6.07 Å². The molecule has 0 bridgehead atoms. The van der Waals surface area contributed by atoms with E-state index >= 15 is 0 Å². The van der Waals surface area contributed by atoms with E-state index in [4.69, 9.17) is 4.74 Å².